The highest BCUT2D eigenvalue weighted by Gasteiger charge is 2.48. The van der Waals surface area contributed by atoms with E-state index in [1.807, 2.05) is 13.8 Å². The molecule has 13 heteroatoms. The summed E-state index contributed by atoms with van der Waals surface area (Å²) in [6, 6.07) is 3.62. The molecule has 2 aliphatic rings. The predicted octanol–water partition coefficient (Wildman–Crippen LogP) is 5.57. The molecule has 4 rings (SSSR count). The Morgan fingerprint density at radius 2 is 1.84 bits per heavy atom. The molecular formula is C31H44F3N5O5. The Hall–Kier alpha value is -3.51. The van der Waals surface area contributed by atoms with Gasteiger partial charge in [0.25, 0.3) is 5.92 Å². The molecule has 0 aliphatic carbocycles. The van der Waals surface area contributed by atoms with Crippen LogP contribution in [0.1, 0.15) is 78.1 Å². The second-order valence-electron chi connectivity index (χ2n) is 13.2. The zero-order chi connectivity index (χ0) is 32.2. The van der Waals surface area contributed by atoms with Crippen LogP contribution >= 0.6 is 0 Å². The highest BCUT2D eigenvalue weighted by molar-refractivity contribution is 5.86. The third-order valence-corrected chi connectivity index (χ3v) is 8.00. The number of halogens is 3. The van der Waals surface area contributed by atoms with Gasteiger partial charge in [-0.25, -0.2) is 18.0 Å². The minimum absolute atomic E-state index is 0.140. The number of ether oxygens (including phenoxy) is 2. The van der Waals surface area contributed by atoms with E-state index in [1.165, 1.54) is 12.1 Å². The summed E-state index contributed by atoms with van der Waals surface area (Å²) < 4.78 is 58.4. The topological polar surface area (TPSA) is 110 Å². The van der Waals surface area contributed by atoms with Crippen molar-refractivity contribution >= 4 is 18.0 Å². The largest absolute Gasteiger partial charge is 0.493 e. The van der Waals surface area contributed by atoms with Crippen LogP contribution in [0.3, 0.4) is 0 Å². The average Bonchev–Trinajstić information content (AvgIpc) is 3.42. The summed E-state index contributed by atoms with van der Waals surface area (Å²) in [6.07, 6.45) is 1.66. The molecule has 2 aliphatic heterocycles. The van der Waals surface area contributed by atoms with Gasteiger partial charge in [0.1, 0.15) is 23.2 Å². The smallest absolute Gasteiger partial charge is 0.408 e. The van der Waals surface area contributed by atoms with Crippen molar-refractivity contribution in [1.29, 1.82) is 0 Å². The molecular weight excluding hydrogens is 579 g/mol. The molecule has 1 unspecified atom stereocenters. The SMILES string of the molecule is CC(C)c1noc(N2CCC(C(C)CCOc3ccc(C[C@H](NC(=O)OC(C)(C)C)C(=O)N4CC(F)(F)C4)c(F)c3)CC2)n1. The first-order valence-corrected chi connectivity index (χ1v) is 15.3. The van der Waals surface area contributed by atoms with E-state index in [2.05, 4.69) is 27.3 Å². The van der Waals surface area contributed by atoms with Gasteiger partial charge in [0, 0.05) is 31.5 Å². The molecule has 0 radical (unpaired) electrons. The number of alkyl halides is 2. The van der Waals surface area contributed by atoms with Gasteiger partial charge in [-0.1, -0.05) is 32.0 Å². The van der Waals surface area contributed by atoms with Gasteiger partial charge in [-0.3, -0.25) is 4.79 Å². The van der Waals surface area contributed by atoms with E-state index in [0.717, 1.165) is 37.3 Å². The molecule has 0 saturated carbocycles. The van der Waals surface area contributed by atoms with Gasteiger partial charge in [-0.15, -0.1) is 0 Å². The summed E-state index contributed by atoms with van der Waals surface area (Å²) in [6.45, 7) is 11.8. The van der Waals surface area contributed by atoms with Crippen LogP contribution in [0.15, 0.2) is 22.7 Å². The monoisotopic (exact) mass is 623 g/mol. The minimum atomic E-state index is -2.97. The van der Waals surface area contributed by atoms with Gasteiger partial charge in [0.05, 0.1) is 19.7 Å². The van der Waals surface area contributed by atoms with Crippen LogP contribution in [0.2, 0.25) is 0 Å². The summed E-state index contributed by atoms with van der Waals surface area (Å²) in [5, 5.41) is 6.48. The normalized spacial score (nSPS) is 18.5. The van der Waals surface area contributed by atoms with Crippen LogP contribution < -0.4 is 15.0 Å². The lowest BCUT2D eigenvalue weighted by molar-refractivity contribution is -0.167. The van der Waals surface area contributed by atoms with Gasteiger partial charge in [0.15, 0.2) is 5.82 Å². The number of nitrogens with one attached hydrogen (secondary N) is 1. The molecule has 10 nitrogen and oxygen atoms in total. The van der Waals surface area contributed by atoms with Crippen molar-refractivity contribution < 1.29 is 36.8 Å². The number of aromatic nitrogens is 2. The first kappa shape index (κ1) is 33.4. The number of hydrogen-bond donors (Lipinski definition) is 1. The van der Waals surface area contributed by atoms with E-state index in [4.69, 9.17) is 14.0 Å². The number of anilines is 1. The molecule has 2 atom stereocenters. The van der Waals surface area contributed by atoms with Crippen molar-refractivity contribution in [3.63, 3.8) is 0 Å². The summed E-state index contributed by atoms with van der Waals surface area (Å²) in [5.74, 6) is -2.14. The average molecular weight is 624 g/mol. The predicted molar refractivity (Wildman–Crippen MR) is 157 cm³/mol. The van der Waals surface area contributed by atoms with Crippen molar-refractivity contribution in [3.8, 4) is 5.75 Å². The number of carbonyl (C=O) groups excluding carboxylic acids is 2. The maximum Gasteiger partial charge on any atom is 0.408 e. The molecule has 1 aromatic heterocycles. The molecule has 1 N–H and O–H groups in total. The fourth-order valence-corrected chi connectivity index (χ4v) is 5.39. The first-order chi connectivity index (χ1) is 20.6. The van der Waals surface area contributed by atoms with Crippen molar-refractivity contribution in [2.75, 3.05) is 37.7 Å². The quantitative estimate of drug-likeness (QED) is 0.346. The Morgan fingerprint density at radius 3 is 2.41 bits per heavy atom. The summed E-state index contributed by atoms with van der Waals surface area (Å²) in [4.78, 5) is 32.8. The number of nitrogens with zero attached hydrogens (tertiary/aromatic N) is 4. The molecule has 244 valence electrons. The van der Waals surface area contributed by atoms with Gasteiger partial charge in [0.2, 0.25) is 5.91 Å². The van der Waals surface area contributed by atoms with Crippen molar-refractivity contribution in [2.24, 2.45) is 11.8 Å². The second kappa shape index (κ2) is 13.6. The Morgan fingerprint density at radius 1 is 1.16 bits per heavy atom. The Balaban J connectivity index is 1.27. The van der Waals surface area contributed by atoms with E-state index in [9.17, 15) is 18.4 Å². The maximum atomic E-state index is 15.1. The lowest BCUT2D eigenvalue weighted by atomic mass is 9.84. The molecule has 44 heavy (non-hydrogen) atoms. The third-order valence-electron chi connectivity index (χ3n) is 8.00. The standard InChI is InChI=1S/C31H44F3N5O5/c1-19(2)26-36-28(44-37-26)38-12-9-21(10-13-38)20(3)11-14-42-23-8-7-22(24(32)16-23)15-25(35-29(41)43-30(4,5)6)27(40)39-17-31(33,34)18-39/h7-8,16,19-21,25H,9-15,17-18H2,1-6H3,(H,35,41)/t20?,25-/m0/s1. The van der Waals surface area contributed by atoms with Gasteiger partial charge >= 0.3 is 12.1 Å². The molecule has 0 bridgehead atoms. The van der Waals surface area contributed by atoms with E-state index in [-0.39, 0.29) is 17.9 Å². The highest BCUT2D eigenvalue weighted by Crippen LogP contribution is 2.31. The maximum absolute atomic E-state index is 15.1. The number of carbonyl (C=O) groups is 2. The van der Waals surface area contributed by atoms with E-state index in [1.54, 1.807) is 26.8 Å². The molecule has 1 aromatic carbocycles. The Bertz CT molecular complexity index is 1280. The van der Waals surface area contributed by atoms with Crippen molar-refractivity contribution in [1.82, 2.24) is 20.4 Å². The fraction of sp³-hybridized carbons (Fsp3) is 0.677. The minimum Gasteiger partial charge on any atom is -0.493 e. The van der Waals surface area contributed by atoms with E-state index < -0.39 is 48.5 Å². The summed E-state index contributed by atoms with van der Waals surface area (Å²) in [5.41, 5.74) is -0.700. The zero-order valence-electron chi connectivity index (χ0n) is 26.4. The molecule has 3 heterocycles. The van der Waals surface area contributed by atoms with Crippen molar-refractivity contribution in [2.45, 2.75) is 90.7 Å². The Labute approximate surface area is 256 Å². The molecule has 0 spiro atoms. The first-order valence-electron chi connectivity index (χ1n) is 15.3. The van der Waals surface area contributed by atoms with Crippen LogP contribution in [0, 0.1) is 17.7 Å². The fourth-order valence-electron chi connectivity index (χ4n) is 5.39. The number of hydrogen-bond acceptors (Lipinski definition) is 8. The number of alkyl carbamates (subject to hydrolysis) is 1. The third kappa shape index (κ3) is 9.01. The Kier molecular flexibility index (Phi) is 10.3. The number of benzene rings is 1. The van der Waals surface area contributed by atoms with Crippen LogP contribution in [0.25, 0.3) is 0 Å². The van der Waals surface area contributed by atoms with E-state index >= 15 is 4.39 Å². The molecule has 2 fully saturated rings. The van der Waals surface area contributed by atoms with Crippen LogP contribution in [-0.2, 0) is 16.0 Å². The van der Waals surface area contributed by atoms with E-state index in [0.29, 0.717) is 36.0 Å². The summed E-state index contributed by atoms with van der Waals surface area (Å²) in [7, 11) is 0. The van der Waals surface area contributed by atoms with Gasteiger partial charge < -0.3 is 29.1 Å². The van der Waals surface area contributed by atoms with Crippen LogP contribution in [-0.4, -0.2) is 77.4 Å². The van der Waals surface area contributed by atoms with Crippen molar-refractivity contribution in [3.05, 3.63) is 35.4 Å². The highest BCUT2D eigenvalue weighted by atomic mass is 19.3. The van der Waals surface area contributed by atoms with Crippen LogP contribution in [0.5, 0.6) is 5.75 Å². The molecule has 2 aromatic rings. The molecule has 2 amide bonds. The molecule has 2 saturated heterocycles. The number of rotatable bonds is 11. The number of piperidine rings is 1. The number of likely N-dealkylation sites (tertiary alicyclic amines) is 1. The lowest BCUT2D eigenvalue weighted by Gasteiger charge is -2.40. The lowest BCUT2D eigenvalue weighted by Crippen LogP contribution is -2.63. The summed E-state index contributed by atoms with van der Waals surface area (Å²) >= 11 is 0. The second-order valence-corrected chi connectivity index (χ2v) is 13.2. The zero-order valence-corrected chi connectivity index (χ0v) is 26.4. The van der Waals surface area contributed by atoms with Gasteiger partial charge in [-0.05, 0) is 63.5 Å². The van der Waals surface area contributed by atoms with Crippen LogP contribution in [0.4, 0.5) is 24.0 Å². The number of amides is 2. The van der Waals surface area contributed by atoms with Gasteiger partial charge in [-0.2, -0.15) is 4.98 Å².